The van der Waals surface area contributed by atoms with E-state index >= 15 is 0 Å². The molecule has 0 spiro atoms. The third kappa shape index (κ3) is 3.41. The molecule has 1 amide bonds. The van der Waals surface area contributed by atoms with Crippen LogP contribution in [0, 0.1) is 5.82 Å². The topological polar surface area (TPSA) is 120 Å². The van der Waals surface area contributed by atoms with Crippen LogP contribution in [0.2, 0.25) is 0 Å². The van der Waals surface area contributed by atoms with Crippen molar-refractivity contribution >= 4 is 28.7 Å². The number of carbonyl (C=O) groups excluding carboxylic acids is 2. The van der Waals surface area contributed by atoms with Gasteiger partial charge in [0.05, 0.1) is 19.3 Å². The molecule has 2 aromatic heterocycles. The highest BCUT2D eigenvalue weighted by molar-refractivity contribution is 6.04. The number of halogens is 1. The Kier molecular flexibility index (Phi) is 4.70. The third-order valence-corrected chi connectivity index (χ3v) is 3.54. The minimum absolute atomic E-state index is 0.0315. The van der Waals surface area contributed by atoms with Crippen molar-refractivity contribution in [3.63, 3.8) is 0 Å². The van der Waals surface area contributed by atoms with Crippen molar-refractivity contribution in [1.82, 2.24) is 20.3 Å². The Bertz CT molecular complexity index is 1010. The molecule has 132 valence electrons. The fourth-order valence-electron chi connectivity index (χ4n) is 2.36. The van der Waals surface area contributed by atoms with Crippen LogP contribution < -0.4 is 11.1 Å². The number of nitrogens with zero attached hydrogens (tertiary/aromatic N) is 3. The normalized spacial score (nSPS) is 10.5. The molecular formula is C17H14FN5O3. The minimum atomic E-state index is -0.599. The second-order valence-electron chi connectivity index (χ2n) is 5.25. The van der Waals surface area contributed by atoms with Crippen molar-refractivity contribution in [1.29, 1.82) is 0 Å². The molecule has 2 heterocycles. The number of nitrogens with one attached hydrogen (secondary N) is 1. The first-order chi connectivity index (χ1) is 12.5. The number of amides is 1. The fourth-order valence-corrected chi connectivity index (χ4v) is 2.36. The number of benzene rings is 1. The van der Waals surface area contributed by atoms with E-state index in [-0.39, 0.29) is 34.8 Å². The summed E-state index contributed by atoms with van der Waals surface area (Å²) < 4.78 is 18.5. The molecule has 0 saturated carbocycles. The number of methoxy groups -OCH3 is 1. The van der Waals surface area contributed by atoms with Gasteiger partial charge in [0.25, 0.3) is 5.91 Å². The first-order valence-electron chi connectivity index (χ1n) is 7.54. The molecule has 9 heteroatoms. The molecule has 0 bridgehead atoms. The van der Waals surface area contributed by atoms with Crippen molar-refractivity contribution < 1.29 is 18.7 Å². The Morgan fingerprint density at radius 1 is 1.15 bits per heavy atom. The van der Waals surface area contributed by atoms with Crippen LogP contribution in [0.1, 0.15) is 26.7 Å². The third-order valence-electron chi connectivity index (χ3n) is 3.54. The van der Waals surface area contributed by atoms with Crippen LogP contribution in [-0.4, -0.2) is 33.9 Å². The quantitative estimate of drug-likeness (QED) is 0.680. The molecule has 3 rings (SSSR count). The lowest BCUT2D eigenvalue weighted by Crippen LogP contribution is -2.25. The lowest BCUT2D eigenvalue weighted by atomic mass is 10.1. The summed E-state index contributed by atoms with van der Waals surface area (Å²) in [5, 5.41) is 2.86. The molecule has 0 aliphatic carbocycles. The van der Waals surface area contributed by atoms with Gasteiger partial charge >= 0.3 is 5.97 Å². The van der Waals surface area contributed by atoms with E-state index in [4.69, 9.17) is 5.73 Å². The lowest BCUT2D eigenvalue weighted by molar-refractivity contribution is 0.0593. The number of rotatable bonds is 4. The molecule has 1 aromatic carbocycles. The first kappa shape index (κ1) is 17.2. The van der Waals surface area contributed by atoms with E-state index in [0.29, 0.717) is 5.69 Å². The highest BCUT2D eigenvalue weighted by Gasteiger charge is 2.16. The maximum atomic E-state index is 13.9. The Hall–Kier alpha value is -3.62. The van der Waals surface area contributed by atoms with Crippen LogP contribution in [0.25, 0.3) is 10.9 Å². The van der Waals surface area contributed by atoms with E-state index in [9.17, 15) is 14.0 Å². The molecule has 0 aliphatic rings. The second kappa shape index (κ2) is 7.09. The van der Waals surface area contributed by atoms with Crippen LogP contribution in [0.15, 0.2) is 36.4 Å². The average molecular weight is 355 g/mol. The number of para-hydroxylation sites is 1. The minimum Gasteiger partial charge on any atom is -0.464 e. The van der Waals surface area contributed by atoms with Crippen LogP contribution in [-0.2, 0) is 11.3 Å². The number of esters is 1. The highest BCUT2D eigenvalue weighted by Crippen LogP contribution is 2.19. The average Bonchev–Trinajstić information content (AvgIpc) is 2.66. The second-order valence-corrected chi connectivity index (χ2v) is 5.25. The lowest BCUT2D eigenvalue weighted by Gasteiger charge is -2.08. The summed E-state index contributed by atoms with van der Waals surface area (Å²) in [5.41, 5.74) is 6.06. The Morgan fingerprint density at radius 2 is 1.92 bits per heavy atom. The molecule has 3 aromatic rings. The summed E-state index contributed by atoms with van der Waals surface area (Å²) in [7, 11) is 1.25. The van der Waals surface area contributed by atoms with Gasteiger partial charge in [-0.2, -0.15) is 0 Å². The van der Waals surface area contributed by atoms with Crippen molar-refractivity contribution in [2.75, 3.05) is 12.8 Å². The molecule has 0 radical (unpaired) electrons. The Morgan fingerprint density at radius 3 is 2.69 bits per heavy atom. The molecule has 8 nitrogen and oxygen atoms in total. The maximum absolute atomic E-state index is 13.9. The number of anilines is 1. The van der Waals surface area contributed by atoms with E-state index in [1.54, 1.807) is 12.1 Å². The van der Waals surface area contributed by atoms with Gasteiger partial charge in [0.15, 0.2) is 0 Å². The molecule has 26 heavy (non-hydrogen) atoms. The molecule has 0 saturated heterocycles. The summed E-state index contributed by atoms with van der Waals surface area (Å²) in [6, 6.07) is 8.96. The predicted octanol–water partition coefficient (Wildman–Crippen LogP) is 1.46. The summed E-state index contributed by atoms with van der Waals surface area (Å²) >= 11 is 0. The van der Waals surface area contributed by atoms with E-state index in [0.717, 1.165) is 0 Å². The van der Waals surface area contributed by atoms with Crippen LogP contribution in [0.3, 0.4) is 0 Å². The van der Waals surface area contributed by atoms with Gasteiger partial charge in [0.2, 0.25) is 5.95 Å². The van der Waals surface area contributed by atoms with Crippen LogP contribution in [0.4, 0.5) is 10.3 Å². The first-order valence-corrected chi connectivity index (χ1v) is 7.54. The molecule has 3 N–H and O–H groups in total. The number of nitrogen functional groups attached to an aromatic ring is 1. The van der Waals surface area contributed by atoms with Gasteiger partial charge in [-0.15, -0.1) is 0 Å². The number of ether oxygens (including phenoxy) is 1. The van der Waals surface area contributed by atoms with Crippen molar-refractivity contribution in [3.8, 4) is 0 Å². The summed E-state index contributed by atoms with van der Waals surface area (Å²) in [4.78, 5) is 35.8. The Balaban J connectivity index is 1.84. The number of nitrogens with two attached hydrogens (primary N) is 1. The number of carbonyl (C=O) groups is 2. The number of pyridine rings is 1. The summed E-state index contributed by atoms with van der Waals surface area (Å²) in [5.74, 6) is -1.96. The van der Waals surface area contributed by atoms with Crippen LogP contribution >= 0.6 is 0 Å². The zero-order chi connectivity index (χ0) is 18.7. The zero-order valence-electron chi connectivity index (χ0n) is 13.7. The number of hydrogen-bond donors (Lipinski definition) is 2. The van der Waals surface area contributed by atoms with E-state index in [1.807, 2.05) is 0 Å². The largest absolute Gasteiger partial charge is 0.464 e. The van der Waals surface area contributed by atoms with Gasteiger partial charge in [-0.1, -0.05) is 18.2 Å². The standard InChI is InChI=1S/C17H14FN5O3/c1-26-16(25)12-7-2-4-9(21-12)8-20-15(24)14-10-5-3-6-11(18)13(10)22-17(19)23-14/h2-7H,8H2,1H3,(H,20,24)(H2,19,22,23). The van der Waals surface area contributed by atoms with Gasteiger partial charge in [0, 0.05) is 5.39 Å². The molecule has 0 aliphatic heterocycles. The van der Waals surface area contributed by atoms with Gasteiger partial charge in [-0.05, 0) is 18.2 Å². The highest BCUT2D eigenvalue weighted by atomic mass is 19.1. The SMILES string of the molecule is COC(=O)c1cccc(CNC(=O)c2nc(N)nc3c(F)cccc23)n1. The van der Waals surface area contributed by atoms with Crippen molar-refractivity contribution in [2.45, 2.75) is 6.54 Å². The van der Waals surface area contributed by atoms with E-state index in [2.05, 4.69) is 25.0 Å². The molecular weight excluding hydrogens is 341 g/mol. The van der Waals surface area contributed by atoms with Gasteiger partial charge in [0.1, 0.15) is 22.7 Å². The monoisotopic (exact) mass is 355 g/mol. The molecule has 0 fully saturated rings. The molecule has 0 atom stereocenters. The predicted molar refractivity (Wildman–Crippen MR) is 90.7 cm³/mol. The zero-order valence-corrected chi connectivity index (χ0v) is 13.7. The smallest absolute Gasteiger partial charge is 0.356 e. The Labute approximate surface area is 147 Å². The number of hydrogen-bond acceptors (Lipinski definition) is 7. The van der Waals surface area contributed by atoms with E-state index in [1.165, 1.54) is 31.4 Å². The summed E-state index contributed by atoms with van der Waals surface area (Å²) in [6.45, 7) is 0.0321. The summed E-state index contributed by atoms with van der Waals surface area (Å²) in [6.07, 6.45) is 0. The van der Waals surface area contributed by atoms with Crippen molar-refractivity contribution in [3.05, 3.63) is 59.3 Å². The van der Waals surface area contributed by atoms with Crippen molar-refractivity contribution in [2.24, 2.45) is 0 Å². The number of fused-ring (bicyclic) bond motifs is 1. The van der Waals surface area contributed by atoms with Gasteiger partial charge < -0.3 is 15.8 Å². The molecule has 0 unspecified atom stereocenters. The van der Waals surface area contributed by atoms with Crippen LogP contribution in [0.5, 0.6) is 0 Å². The maximum Gasteiger partial charge on any atom is 0.356 e. The fraction of sp³-hybridized carbons (Fsp3) is 0.118. The van der Waals surface area contributed by atoms with Gasteiger partial charge in [-0.3, -0.25) is 4.79 Å². The van der Waals surface area contributed by atoms with E-state index < -0.39 is 17.7 Å². The number of aromatic nitrogens is 3. The van der Waals surface area contributed by atoms with Gasteiger partial charge in [-0.25, -0.2) is 24.1 Å².